The molecule has 1 fully saturated rings. The van der Waals surface area contributed by atoms with Gasteiger partial charge in [-0.25, -0.2) is 18.6 Å². The number of fused-ring (bicyclic) bond motifs is 1. The van der Waals surface area contributed by atoms with E-state index in [1.54, 1.807) is 12.1 Å². The molecule has 1 aliphatic heterocycles. The number of amides is 1. The second-order valence-electron chi connectivity index (χ2n) is 8.20. The minimum absolute atomic E-state index is 0.123. The number of pyridine rings is 1. The van der Waals surface area contributed by atoms with Crippen molar-refractivity contribution < 1.29 is 32.6 Å². The molecule has 3 heterocycles. The van der Waals surface area contributed by atoms with Crippen LogP contribution in [-0.2, 0) is 16.0 Å². The number of ether oxygens (including phenoxy) is 2. The normalized spacial score (nSPS) is 15.2. The fourth-order valence-electron chi connectivity index (χ4n) is 4.13. The van der Waals surface area contributed by atoms with Gasteiger partial charge in [-0.05, 0) is 30.5 Å². The van der Waals surface area contributed by atoms with Gasteiger partial charge < -0.3 is 14.4 Å². The number of hydrogen-bond acceptors (Lipinski definition) is 6. The lowest BCUT2D eigenvalue weighted by molar-refractivity contribution is -0.135. The highest BCUT2D eigenvalue weighted by atomic mass is 19.1. The van der Waals surface area contributed by atoms with Crippen LogP contribution < -0.4 is 4.74 Å². The molecule has 0 saturated carbocycles. The molecule has 8 nitrogen and oxygen atoms in total. The van der Waals surface area contributed by atoms with Crippen molar-refractivity contribution >= 4 is 23.2 Å². The fourth-order valence-corrected chi connectivity index (χ4v) is 4.13. The molecule has 0 aliphatic carbocycles. The summed E-state index contributed by atoms with van der Waals surface area (Å²) in [7, 11) is 2.50. The SMILES string of the molecule is COC(=O)C(=O)c1ncc2cc(OC)c(C(=O)N3CCC(F)(Cc4ccc(F)cc4)CC3)cn12. The summed E-state index contributed by atoms with van der Waals surface area (Å²) in [6, 6.07) is 7.26. The molecule has 2 aromatic heterocycles. The number of aromatic nitrogens is 2. The summed E-state index contributed by atoms with van der Waals surface area (Å²) in [5.74, 6) is -2.73. The Bertz CT molecular complexity index is 1250. The van der Waals surface area contributed by atoms with E-state index in [-0.39, 0.29) is 55.3 Å². The van der Waals surface area contributed by atoms with Gasteiger partial charge in [0.25, 0.3) is 5.91 Å². The molecule has 1 aromatic carbocycles. The lowest BCUT2D eigenvalue weighted by Gasteiger charge is -2.36. The number of ketones is 1. The maximum atomic E-state index is 15.4. The van der Waals surface area contributed by atoms with Crippen LogP contribution in [0.4, 0.5) is 8.78 Å². The lowest BCUT2D eigenvalue weighted by Crippen LogP contribution is -2.45. The molecule has 34 heavy (non-hydrogen) atoms. The van der Waals surface area contributed by atoms with E-state index in [1.807, 2.05) is 0 Å². The van der Waals surface area contributed by atoms with Crippen LogP contribution >= 0.6 is 0 Å². The van der Waals surface area contributed by atoms with Crippen molar-refractivity contribution in [1.82, 2.24) is 14.3 Å². The zero-order valence-corrected chi connectivity index (χ0v) is 18.7. The molecular formula is C24H23F2N3O5. The van der Waals surface area contributed by atoms with Crippen LogP contribution in [0.25, 0.3) is 5.52 Å². The zero-order chi connectivity index (χ0) is 24.5. The molecular weight excluding hydrogens is 448 g/mol. The third-order valence-corrected chi connectivity index (χ3v) is 6.03. The van der Waals surface area contributed by atoms with Gasteiger partial charge in [0, 0.05) is 31.8 Å². The minimum atomic E-state index is -1.51. The summed E-state index contributed by atoms with van der Waals surface area (Å²) in [4.78, 5) is 42.7. The summed E-state index contributed by atoms with van der Waals surface area (Å²) in [5, 5.41) is 0. The Labute approximate surface area is 194 Å². The summed E-state index contributed by atoms with van der Waals surface area (Å²) in [5.41, 5.74) is -0.218. The average Bonchev–Trinajstić information content (AvgIpc) is 3.26. The van der Waals surface area contributed by atoms with E-state index in [0.717, 1.165) is 7.11 Å². The number of rotatable bonds is 6. The molecule has 4 rings (SSSR count). The van der Waals surface area contributed by atoms with Gasteiger partial charge in [-0.2, -0.15) is 0 Å². The number of hydrogen-bond donors (Lipinski definition) is 0. The number of nitrogens with zero attached hydrogens (tertiary/aromatic N) is 3. The monoisotopic (exact) mass is 471 g/mol. The fraction of sp³-hybridized carbons (Fsp3) is 0.333. The predicted octanol–water partition coefficient (Wildman–Crippen LogP) is 3.02. The topological polar surface area (TPSA) is 90.2 Å². The summed E-state index contributed by atoms with van der Waals surface area (Å²) < 4.78 is 39.7. The Morgan fingerprint density at radius 2 is 1.79 bits per heavy atom. The Morgan fingerprint density at radius 1 is 1.12 bits per heavy atom. The molecule has 0 spiro atoms. The number of methoxy groups -OCH3 is 2. The van der Waals surface area contributed by atoms with Crippen molar-refractivity contribution in [3.05, 3.63) is 65.5 Å². The highest BCUT2D eigenvalue weighted by Gasteiger charge is 2.37. The molecule has 178 valence electrons. The Morgan fingerprint density at radius 3 is 2.41 bits per heavy atom. The standard InChI is InChI=1S/C24H23F2N3O5/c1-33-19-11-17-13-27-21(20(30)23(32)34-2)29(17)14-18(19)22(31)28-9-7-24(26,8-10-28)12-15-3-5-16(25)6-4-15/h3-6,11,13-14H,7-10,12H2,1-2H3. The molecule has 0 atom stereocenters. The maximum absolute atomic E-state index is 15.4. The summed E-state index contributed by atoms with van der Waals surface area (Å²) >= 11 is 0. The lowest BCUT2D eigenvalue weighted by atomic mass is 9.87. The van der Waals surface area contributed by atoms with Crippen LogP contribution in [-0.4, -0.2) is 64.9 Å². The van der Waals surface area contributed by atoms with Crippen LogP contribution in [0.3, 0.4) is 0 Å². The number of carbonyl (C=O) groups excluding carboxylic acids is 3. The van der Waals surface area contributed by atoms with Crippen molar-refractivity contribution in [2.24, 2.45) is 0 Å². The van der Waals surface area contributed by atoms with Crippen LogP contribution in [0.15, 0.2) is 42.7 Å². The Balaban J connectivity index is 1.55. The van der Waals surface area contributed by atoms with Gasteiger partial charge in [0.1, 0.15) is 17.2 Å². The number of Topliss-reactive ketones (excluding diaryl/α,β-unsaturated/α-hetero) is 1. The quantitative estimate of drug-likeness (QED) is 0.312. The predicted molar refractivity (Wildman–Crippen MR) is 117 cm³/mol. The Hall–Kier alpha value is -3.82. The minimum Gasteiger partial charge on any atom is -0.496 e. The third-order valence-electron chi connectivity index (χ3n) is 6.03. The maximum Gasteiger partial charge on any atom is 0.382 e. The van der Waals surface area contributed by atoms with Gasteiger partial charge in [0.05, 0.1) is 31.5 Å². The van der Waals surface area contributed by atoms with Crippen molar-refractivity contribution in [2.75, 3.05) is 27.3 Å². The van der Waals surface area contributed by atoms with Crippen LogP contribution in [0.2, 0.25) is 0 Å². The smallest absolute Gasteiger partial charge is 0.382 e. The first-order valence-electron chi connectivity index (χ1n) is 10.6. The van der Waals surface area contributed by atoms with Gasteiger partial charge >= 0.3 is 11.8 Å². The molecule has 3 aromatic rings. The molecule has 0 N–H and O–H groups in total. The van der Waals surface area contributed by atoms with Crippen LogP contribution in [0.5, 0.6) is 5.75 Å². The number of halogens is 2. The summed E-state index contributed by atoms with van der Waals surface area (Å²) in [6.45, 7) is 0.352. The van der Waals surface area contributed by atoms with E-state index >= 15 is 4.39 Å². The zero-order valence-electron chi connectivity index (χ0n) is 18.7. The first-order chi connectivity index (χ1) is 16.2. The number of alkyl halides is 1. The first kappa shape index (κ1) is 23.3. The summed E-state index contributed by atoms with van der Waals surface area (Å²) in [6.07, 6.45) is 3.14. The molecule has 0 radical (unpaired) electrons. The highest BCUT2D eigenvalue weighted by molar-refractivity contribution is 6.39. The van der Waals surface area contributed by atoms with Crippen molar-refractivity contribution in [3.63, 3.8) is 0 Å². The number of carbonyl (C=O) groups is 3. The van der Waals surface area contributed by atoms with Gasteiger partial charge in [0.15, 0.2) is 5.82 Å². The van der Waals surface area contributed by atoms with Crippen molar-refractivity contribution in [2.45, 2.75) is 24.9 Å². The van der Waals surface area contributed by atoms with Gasteiger partial charge in [-0.1, -0.05) is 12.1 Å². The van der Waals surface area contributed by atoms with Crippen molar-refractivity contribution in [3.8, 4) is 5.75 Å². The van der Waals surface area contributed by atoms with E-state index < -0.39 is 23.3 Å². The Kier molecular flexibility index (Phi) is 6.32. The van der Waals surface area contributed by atoms with Gasteiger partial charge in [0.2, 0.25) is 0 Å². The second-order valence-corrected chi connectivity index (χ2v) is 8.20. The number of likely N-dealkylation sites (tertiary alicyclic amines) is 1. The van der Waals surface area contributed by atoms with Gasteiger partial charge in [-0.15, -0.1) is 0 Å². The third kappa shape index (κ3) is 4.48. The van der Waals surface area contributed by atoms with Crippen LogP contribution in [0.1, 0.15) is 39.4 Å². The van der Waals surface area contributed by atoms with E-state index in [1.165, 1.54) is 47.0 Å². The molecule has 0 unspecified atom stereocenters. The molecule has 1 aliphatic rings. The number of piperidine rings is 1. The van der Waals surface area contributed by atoms with Crippen LogP contribution in [0, 0.1) is 5.82 Å². The molecule has 0 bridgehead atoms. The number of imidazole rings is 1. The van der Waals surface area contributed by atoms with Crippen molar-refractivity contribution in [1.29, 1.82) is 0 Å². The van der Waals surface area contributed by atoms with Gasteiger partial charge in [-0.3, -0.25) is 14.0 Å². The molecule has 1 saturated heterocycles. The second kappa shape index (κ2) is 9.20. The largest absolute Gasteiger partial charge is 0.496 e. The van der Waals surface area contributed by atoms with E-state index in [2.05, 4.69) is 9.72 Å². The number of benzene rings is 1. The highest BCUT2D eigenvalue weighted by Crippen LogP contribution is 2.32. The first-order valence-corrected chi connectivity index (χ1v) is 10.6. The average molecular weight is 471 g/mol. The van der Waals surface area contributed by atoms with E-state index in [0.29, 0.717) is 11.1 Å². The van der Waals surface area contributed by atoms with E-state index in [9.17, 15) is 18.8 Å². The van der Waals surface area contributed by atoms with E-state index in [4.69, 9.17) is 4.74 Å². The number of esters is 1. The molecule has 1 amide bonds. The molecule has 10 heteroatoms.